The van der Waals surface area contributed by atoms with Crippen LogP contribution in [0.3, 0.4) is 0 Å². The van der Waals surface area contributed by atoms with Crippen molar-refractivity contribution in [2.45, 2.75) is 19.8 Å². The molecule has 2 amide bonds. The molecule has 0 saturated carbocycles. The topological polar surface area (TPSA) is 61.4 Å². The number of nitrogens with one attached hydrogen (secondary N) is 2. The average Bonchev–Trinajstić information content (AvgIpc) is 2.43. The lowest BCUT2D eigenvalue weighted by atomic mass is 10.1. The lowest BCUT2D eigenvalue weighted by Crippen LogP contribution is -2.30. The van der Waals surface area contributed by atoms with E-state index in [0.29, 0.717) is 6.54 Å². The van der Waals surface area contributed by atoms with Crippen LogP contribution in [0.15, 0.2) is 24.3 Å². The average molecular weight is 282 g/mol. The molecule has 1 aromatic carbocycles. The molecule has 0 aliphatic rings. The number of hydrogen-bond acceptors (Lipinski definition) is 3. The first-order chi connectivity index (χ1) is 9.26. The third-order valence-electron chi connectivity index (χ3n) is 2.60. The largest absolute Gasteiger partial charge is 0.396 e. The molecule has 0 heterocycles. The summed E-state index contributed by atoms with van der Waals surface area (Å²) in [4.78, 5) is 11.6. The molecule has 0 saturated heterocycles. The minimum absolute atomic E-state index is 0.174. The predicted molar refractivity (Wildman–Crippen MR) is 81.9 cm³/mol. The fraction of sp³-hybridized carbons (Fsp3) is 0.500. The van der Waals surface area contributed by atoms with Crippen LogP contribution >= 0.6 is 11.8 Å². The number of carbonyl (C=O) groups is 1. The minimum atomic E-state index is -0.174. The number of hydrogen-bond donors (Lipinski definition) is 3. The summed E-state index contributed by atoms with van der Waals surface area (Å²) in [5.74, 6) is 1.79. The number of aryl methyl sites for hydroxylation is 1. The van der Waals surface area contributed by atoms with Gasteiger partial charge >= 0.3 is 6.03 Å². The van der Waals surface area contributed by atoms with E-state index in [2.05, 4.69) is 17.6 Å². The SMILES string of the molecule is CCc1ccc(NC(=O)NCCSCCCO)cc1. The molecule has 0 spiro atoms. The number of aliphatic hydroxyl groups is 1. The van der Waals surface area contributed by atoms with E-state index in [4.69, 9.17) is 5.11 Å². The highest BCUT2D eigenvalue weighted by Gasteiger charge is 2.00. The molecule has 0 fully saturated rings. The van der Waals surface area contributed by atoms with Crippen LogP contribution in [0.1, 0.15) is 18.9 Å². The van der Waals surface area contributed by atoms with Gasteiger partial charge in [0.25, 0.3) is 0 Å². The molecule has 0 aromatic heterocycles. The molecule has 0 aliphatic carbocycles. The molecule has 0 atom stereocenters. The zero-order chi connectivity index (χ0) is 13.9. The van der Waals surface area contributed by atoms with E-state index in [0.717, 1.165) is 30.0 Å². The van der Waals surface area contributed by atoms with Crippen LogP contribution in [-0.2, 0) is 6.42 Å². The van der Waals surface area contributed by atoms with Gasteiger partial charge in [-0.2, -0.15) is 11.8 Å². The molecule has 106 valence electrons. The molecule has 0 bridgehead atoms. The summed E-state index contributed by atoms with van der Waals surface area (Å²) < 4.78 is 0. The predicted octanol–water partition coefficient (Wildman–Crippen LogP) is 2.49. The number of urea groups is 1. The van der Waals surface area contributed by atoms with Crippen molar-refractivity contribution in [1.29, 1.82) is 0 Å². The van der Waals surface area contributed by atoms with Crippen LogP contribution in [0, 0.1) is 0 Å². The fourth-order valence-electron chi connectivity index (χ4n) is 1.50. The van der Waals surface area contributed by atoms with Gasteiger partial charge in [-0.15, -0.1) is 0 Å². The molecule has 5 heteroatoms. The van der Waals surface area contributed by atoms with Gasteiger partial charge in [0.05, 0.1) is 0 Å². The van der Waals surface area contributed by atoms with Crippen LogP contribution in [0.5, 0.6) is 0 Å². The van der Waals surface area contributed by atoms with E-state index in [1.165, 1.54) is 5.56 Å². The number of benzene rings is 1. The minimum Gasteiger partial charge on any atom is -0.396 e. The van der Waals surface area contributed by atoms with Gasteiger partial charge in [-0.3, -0.25) is 0 Å². The number of thioether (sulfide) groups is 1. The zero-order valence-corrected chi connectivity index (χ0v) is 12.1. The number of carbonyl (C=O) groups excluding carboxylic acids is 1. The van der Waals surface area contributed by atoms with Crippen molar-refractivity contribution in [3.05, 3.63) is 29.8 Å². The quantitative estimate of drug-likeness (QED) is 0.642. The second-order valence-corrected chi connectivity index (χ2v) is 5.35. The Kier molecular flexibility index (Phi) is 8.09. The third-order valence-corrected chi connectivity index (χ3v) is 3.67. The van der Waals surface area contributed by atoms with E-state index in [1.807, 2.05) is 24.3 Å². The Morgan fingerprint density at radius 2 is 2.00 bits per heavy atom. The van der Waals surface area contributed by atoms with Crippen LogP contribution in [0.25, 0.3) is 0 Å². The van der Waals surface area contributed by atoms with Crippen LogP contribution < -0.4 is 10.6 Å². The standard InChI is InChI=1S/C14H22N2O2S/c1-2-12-4-6-13(7-5-12)16-14(18)15-8-11-19-10-3-9-17/h4-7,17H,2-3,8-11H2,1H3,(H2,15,16,18). The maximum atomic E-state index is 11.6. The van der Waals surface area contributed by atoms with Gasteiger partial charge in [0.15, 0.2) is 0 Å². The first-order valence-corrected chi connectivity index (χ1v) is 7.74. The highest BCUT2D eigenvalue weighted by atomic mass is 32.2. The van der Waals surface area contributed by atoms with Crippen LogP contribution in [-0.4, -0.2) is 35.8 Å². The molecular formula is C14H22N2O2S. The summed E-state index contributed by atoms with van der Waals surface area (Å²) in [6.07, 6.45) is 1.80. The Labute approximate surface area is 119 Å². The maximum Gasteiger partial charge on any atom is 0.319 e. The Hall–Kier alpha value is -1.20. The van der Waals surface area contributed by atoms with Crippen molar-refractivity contribution in [1.82, 2.24) is 5.32 Å². The normalized spacial score (nSPS) is 10.2. The molecule has 1 aromatic rings. The van der Waals surface area contributed by atoms with Crippen molar-refractivity contribution < 1.29 is 9.90 Å². The van der Waals surface area contributed by atoms with Crippen LogP contribution in [0.2, 0.25) is 0 Å². The zero-order valence-electron chi connectivity index (χ0n) is 11.3. The Bertz CT molecular complexity index is 368. The van der Waals surface area contributed by atoms with Gasteiger partial charge in [0, 0.05) is 24.6 Å². The molecule has 0 unspecified atom stereocenters. The van der Waals surface area contributed by atoms with E-state index in [1.54, 1.807) is 11.8 Å². The highest BCUT2D eigenvalue weighted by Crippen LogP contribution is 2.09. The smallest absolute Gasteiger partial charge is 0.319 e. The number of rotatable bonds is 8. The van der Waals surface area contributed by atoms with E-state index < -0.39 is 0 Å². The third kappa shape index (κ3) is 7.08. The lowest BCUT2D eigenvalue weighted by Gasteiger charge is -2.08. The van der Waals surface area contributed by atoms with Gasteiger partial charge in [-0.25, -0.2) is 4.79 Å². The Morgan fingerprint density at radius 1 is 1.26 bits per heavy atom. The Morgan fingerprint density at radius 3 is 2.63 bits per heavy atom. The van der Waals surface area contributed by atoms with E-state index in [-0.39, 0.29) is 12.6 Å². The molecule has 0 aliphatic heterocycles. The van der Waals surface area contributed by atoms with Gasteiger partial charge in [0.1, 0.15) is 0 Å². The second-order valence-electron chi connectivity index (χ2n) is 4.12. The fourth-order valence-corrected chi connectivity index (χ4v) is 2.29. The molecule has 4 nitrogen and oxygen atoms in total. The molecule has 3 N–H and O–H groups in total. The van der Waals surface area contributed by atoms with Gasteiger partial charge in [0.2, 0.25) is 0 Å². The van der Waals surface area contributed by atoms with E-state index in [9.17, 15) is 4.79 Å². The molecule has 19 heavy (non-hydrogen) atoms. The summed E-state index contributed by atoms with van der Waals surface area (Å²) in [6, 6.07) is 7.68. The van der Waals surface area contributed by atoms with Gasteiger partial charge in [-0.1, -0.05) is 19.1 Å². The Balaban J connectivity index is 2.16. The first kappa shape index (κ1) is 15.9. The van der Waals surface area contributed by atoms with E-state index >= 15 is 0 Å². The van der Waals surface area contributed by atoms with Crippen molar-refractivity contribution in [2.24, 2.45) is 0 Å². The first-order valence-electron chi connectivity index (χ1n) is 6.58. The van der Waals surface area contributed by atoms with Crippen LogP contribution in [0.4, 0.5) is 10.5 Å². The van der Waals surface area contributed by atoms with Crippen molar-refractivity contribution >= 4 is 23.5 Å². The summed E-state index contributed by atoms with van der Waals surface area (Å²) >= 11 is 1.73. The van der Waals surface area contributed by atoms with Crippen molar-refractivity contribution in [2.75, 3.05) is 30.0 Å². The summed E-state index contributed by atoms with van der Waals surface area (Å²) in [6.45, 7) is 2.97. The van der Waals surface area contributed by atoms with Crippen molar-refractivity contribution in [3.8, 4) is 0 Å². The van der Waals surface area contributed by atoms with Gasteiger partial charge < -0.3 is 15.7 Å². The number of amides is 2. The molecule has 1 rings (SSSR count). The summed E-state index contributed by atoms with van der Waals surface area (Å²) in [5, 5.41) is 14.2. The molecular weight excluding hydrogens is 260 g/mol. The second kappa shape index (κ2) is 9.69. The summed E-state index contributed by atoms with van der Waals surface area (Å²) in [7, 11) is 0. The maximum absolute atomic E-state index is 11.6. The summed E-state index contributed by atoms with van der Waals surface area (Å²) in [5.41, 5.74) is 2.06. The lowest BCUT2D eigenvalue weighted by molar-refractivity contribution is 0.252. The highest BCUT2D eigenvalue weighted by molar-refractivity contribution is 7.99. The van der Waals surface area contributed by atoms with Gasteiger partial charge in [-0.05, 0) is 36.3 Å². The monoisotopic (exact) mass is 282 g/mol. The number of anilines is 1. The number of aliphatic hydroxyl groups excluding tert-OH is 1. The van der Waals surface area contributed by atoms with Crippen molar-refractivity contribution in [3.63, 3.8) is 0 Å². The molecule has 0 radical (unpaired) electrons.